The van der Waals surface area contributed by atoms with E-state index in [1.807, 2.05) is 30.3 Å². The molecule has 0 fully saturated rings. The normalized spacial score (nSPS) is 12.4. The first-order valence-electron chi connectivity index (χ1n) is 7.19. The molecule has 2 N–H and O–H groups in total. The lowest BCUT2D eigenvalue weighted by atomic mass is 10.2. The maximum absolute atomic E-state index is 12.2. The number of ether oxygens (including phenoxy) is 1. The Kier molecular flexibility index (Phi) is 7.38. The number of carbonyl (C=O) groups is 2. The second kappa shape index (κ2) is 8.78. The van der Waals surface area contributed by atoms with Crippen LogP contribution >= 0.6 is 15.9 Å². The Balaban J connectivity index is 2.54. The summed E-state index contributed by atoms with van der Waals surface area (Å²) in [5, 5.41) is 6.03. The van der Waals surface area contributed by atoms with Gasteiger partial charge in [0.1, 0.15) is 11.6 Å². The molecule has 0 aliphatic heterocycles. The van der Waals surface area contributed by atoms with Gasteiger partial charge in [-0.05, 0) is 32.8 Å². The van der Waals surface area contributed by atoms with Crippen LogP contribution < -0.4 is 10.6 Å². The van der Waals surface area contributed by atoms with Crippen LogP contribution in [0.5, 0.6) is 0 Å². The average Bonchev–Trinajstić information content (AvgIpc) is 2.43. The Morgan fingerprint density at radius 3 is 2.41 bits per heavy atom. The van der Waals surface area contributed by atoms with Gasteiger partial charge in [-0.1, -0.05) is 46.3 Å². The second-order valence-corrected chi connectivity index (χ2v) is 6.67. The zero-order chi connectivity index (χ0) is 16.6. The molecule has 0 unspecified atom stereocenters. The van der Waals surface area contributed by atoms with Crippen molar-refractivity contribution in [3.63, 3.8) is 0 Å². The van der Waals surface area contributed by atoms with Gasteiger partial charge in [0.15, 0.2) is 0 Å². The standard InChI is InChI=1S/C16H23BrN2O3/c1-16(2,3)22-15(21)19-13(9-10-17)14(20)18-11-12-7-5-4-6-8-12/h4-8,13H,9-11H2,1-3H3,(H,18,20)(H,19,21)/t13-/m0/s1. The molecular formula is C16H23BrN2O3. The van der Waals surface area contributed by atoms with E-state index in [-0.39, 0.29) is 5.91 Å². The fourth-order valence-corrected chi connectivity index (χ4v) is 2.19. The van der Waals surface area contributed by atoms with E-state index in [1.165, 1.54) is 0 Å². The molecule has 0 radical (unpaired) electrons. The minimum Gasteiger partial charge on any atom is -0.444 e. The lowest BCUT2D eigenvalue weighted by Crippen LogP contribution is -2.48. The van der Waals surface area contributed by atoms with Crippen LogP contribution in [0.3, 0.4) is 0 Å². The van der Waals surface area contributed by atoms with Crippen molar-refractivity contribution in [3.8, 4) is 0 Å². The van der Waals surface area contributed by atoms with Gasteiger partial charge < -0.3 is 15.4 Å². The minimum absolute atomic E-state index is 0.228. The third kappa shape index (κ3) is 7.45. The quantitative estimate of drug-likeness (QED) is 0.756. The molecule has 0 saturated carbocycles. The molecule has 0 spiro atoms. The van der Waals surface area contributed by atoms with Gasteiger partial charge in [0.2, 0.25) is 5.91 Å². The first-order chi connectivity index (χ1) is 10.3. The molecule has 122 valence electrons. The van der Waals surface area contributed by atoms with Gasteiger partial charge >= 0.3 is 6.09 Å². The topological polar surface area (TPSA) is 67.4 Å². The van der Waals surface area contributed by atoms with Gasteiger partial charge in [-0.25, -0.2) is 4.79 Å². The molecule has 1 aromatic rings. The van der Waals surface area contributed by atoms with E-state index in [0.29, 0.717) is 18.3 Å². The van der Waals surface area contributed by atoms with Crippen molar-refractivity contribution in [3.05, 3.63) is 35.9 Å². The SMILES string of the molecule is CC(C)(C)OC(=O)N[C@@H](CCBr)C(=O)NCc1ccccc1. The molecule has 1 atom stereocenters. The highest BCUT2D eigenvalue weighted by Gasteiger charge is 2.23. The third-order valence-electron chi connectivity index (χ3n) is 2.71. The van der Waals surface area contributed by atoms with E-state index in [2.05, 4.69) is 26.6 Å². The van der Waals surface area contributed by atoms with Crippen LogP contribution in [-0.4, -0.2) is 29.0 Å². The zero-order valence-electron chi connectivity index (χ0n) is 13.2. The summed E-state index contributed by atoms with van der Waals surface area (Å²) in [5.41, 5.74) is 0.412. The van der Waals surface area contributed by atoms with Gasteiger partial charge in [0, 0.05) is 11.9 Å². The highest BCUT2D eigenvalue weighted by Crippen LogP contribution is 2.08. The van der Waals surface area contributed by atoms with Crippen LogP contribution in [0, 0.1) is 0 Å². The van der Waals surface area contributed by atoms with Gasteiger partial charge in [-0.15, -0.1) is 0 Å². The van der Waals surface area contributed by atoms with Gasteiger partial charge in [-0.3, -0.25) is 4.79 Å². The summed E-state index contributed by atoms with van der Waals surface area (Å²) >= 11 is 3.29. The van der Waals surface area contributed by atoms with Crippen molar-refractivity contribution in [2.75, 3.05) is 5.33 Å². The maximum atomic E-state index is 12.2. The fraction of sp³-hybridized carbons (Fsp3) is 0.500. The van der Waals surface area contributed by atoms with Crippen LogP contribution in [0.25, 0.3) is 0 Å². The summed E-state index contributed by atoms with van der Waals surface area (Å²) in [5.74, 6) is -0.228. The van der Waals surface area contributed by atoms with Crippen molar-refractivity contribution in [2.45, 2.75) is 45.4 Å². The predicted octanol–water partition coefficient (Wildman–Crippen LogP) is 2.98. The lowest BCUT2D eigenvalue weighted by molar-refractivity contribution is -0.123. The molecule has 5 nitrogen and oxygen atoms in total. The highest BCUT2D eigenvalue weighted by molar-refractivity contribution is 9.09. The Labute approximate surface area is 139 Å². The Hall–Kier alpha value is -1.56. The van der Waals surface area contributed by atoms with E-state index in [9.17, 15) is 9.59 Å². The maximum Gasteiger partial charge on any atom is 0.408 e. The Morgan fingerprint density at radius 1 is 1.23 bits per heavy atom. The molecule has 2 amide bonds. The molecular weight excluding hydrogens is 348 g/mol. The number of carbonyl (C=O) groups excluding carboxylic acids is 2. The van der Waals surface area contributed by atoms with E-state index < -0.39 is 17.7 Å². The number of amides is 2. The number of nitrogens with one attached hydrogen (secondary N) is 2. The van der Waals surface area contributed by atoms with Crippen molar-refractivity contribution >= 4 is 27.9 Å². The van der Waals surface area contributed by atoms with E-state index in [0.717, 1.165) is 5.56 Å². The van der Waals surface area contributed by atoms with Crippen LogP contribution in [0.2, 0.25) is 0 Å². The van der Waals surface area contributed by atoms with Crippen LogP contribution in [0.15, 0.2) is 30.3 Å². The van der Waals surface area contributed by atoms with Crippen molar-refractivity contribution < 1.29 is 14.3 Å². The molecule has 0 saturated heterocycles. The fourth-order valence-electron chi connectivity index (χ4n) is 1.74. The van der Waals surface area contributed by atoms with E-state index in [1.54, 1.807) is 20.8 Å². The molecule has 22 heavy (non-hydrogen) atoms. The predicted molar refractivity (Wildman–Crippen MR) is 89.9 cm³/mol. The van der Waals surface area contributed by atoms with Crippen LogP contribution in [-0.2, 0) is 16.1 Å². The van der Waals surface area contributed by atoms with Gasteiger partial charge in [-0.2, -0.15) is 0 Å². The number of rotatable bonds is 6. The molecule has 1 rings (SSSR count). The Morgan fingerprint density at radius 2 is 1.86 bits per heavy atom. The second-order valence-electron chi connectivity index (χ2n) is 5.88. The number of alkyl carbamates (subject to hydrolysis) is 1. The molecule has 0 aliphatic carbocycles. The molecule has 0 bridgehead atoms. The Bertz CT molecular complexity index is 486. The van der Waals surface area contributed by atoms with Crippen molar-refractivity contribution in [2.24, 2.45) is 0 Å². The van der Waals surface area contributed by atoms with Gasteiger partial charge in [0.05, 0.1) is 0 Å². The van der Waals surface area contributed by atoms with E-state index >= 15 is 0 Å². The summed E-state index contributed by atoms with van der Waals surface area (Å²) < 4.78 is 5.18. The summed E-state index contributed by atoms with van der Waals surface area (Å²) in [6, 6.07) is 8.98. The summed E-state index contributed by atoms with van der Waals surface area (Å²) in [4.78, 5) is 24.0. The molecule has 0 heterocycles. The smallest absolute Gasteiger partial charge is 0.408 e. The van der Waals surface area contributed by atoms with E-state index in [4.69, 9.17) is 4.74 Å². The third-order valence-corrected chi connectivity index (χ3v) is 3.17. The zero-order valence-corrected chi connectivity index (χ0v) is 14.8. The number of hydrogen-bond donors (Lipinski definition) is 2. The number of alkyl halides is 1. The lowest BCUT2D eigenvalue weighted by Gasteiger charge is -2.23. The molecule has 1 aromatic carbocycles. The highest BCUT2D eigenvalue weighted by atomic mass is 79.9. The first kappa shape index (κ1) is 18.5. The average molecular weight is 371 g/mol. The van der Waals surface area contributed by atoms with Crippen molar-refractivity contribution in [1.29, 1.82) is 0 Å². The number of halogens is 1. The summed E-state index contributed by atoms with van der Waals surface area (Å²) in [6.07, 6.45) is -0.104. The van der Waals surface area contributed by atoms with Crippen molar-refractivity contribution in [1.82, 2.24) is 10.6 Å². The van der Waals surface area contributed by atoms with Crippen LogP contribution in [0.1, 0.15) is 32.8 Å². The monoisotopic (exact) mass is 370 g/mol. The number of hydrogen-bond acceptors (Lipinski definition) is 3. The molecule has 6 heteroatoms. The van der Waals surface area contributed by atoms with Gasteiger partial charge in [0.25, 0.3) is 0 Å². The number of benzene rings is 1. The summed E-state index contributed by atoms with van der Waals surface area (Å²) in [7, 11) is 0. The largest absolute Gasteiger partial charge is 0.444 e. The summed E-state index contributed by atoms with van der Waals surface area (Å²) in [6.45, 7) is 5.76. The first-order valence-corrected chi connectivity index (χ1v) is 8.31. The van der Waals surface area contributed by atoms with Crippen LogP contribution in [0.4, 0.5) is 4.79 Å². The molecule has 0 aliphatic rings. The minimum atomic E-state index is -0.627. The molecule has 0 aromatic heterocycles.